The zero-order valence-corrected chi connectivity index (χ0v) is 12.4. The lowest BCUT2D eigenvalue weighted by Gasteiger charge is -2.22. The van der Waals surface area contributed by atoms with Crippen LogP contribution in [0.3, 0.4) is 0 Å². The first kappa shape index (κ1) is 16.6. The smallest absolute Gasteiger partial charge is 0.243 e. The molecule has 0 aromatic rings. The summed E-state index contributed by atoms with van der Waals surface area (Å²) in [6, 6.07) is -1.34. The van der Waals surface area contributed by atoms with Gasteiger partial charge in [0.15, 0.2) is 0 Å². The zero-order valence-electron chi connectivity index (χ0n) is 12.4. The monoisotopic (exact) mass is 283 g/mol. The van der Waals surface area contributed by atoms with Gasteiger partial charge in [0.25, 0.3) is 0 Å². The van der Waals surface area contributed by atoms with Gasteiger partial charge in [-0.3, -0.25) is 9.59 Å². The highest BCUT2D eigenvalue weighted by molar-refractivity contribution is 5.90. The van der Waals surface area contributed by atoms with Gasteiger partial charge in [-0.2, -0.15) is 0 Å². The van der Waals surface area contributed by atoms with Gasteiger partial charge in [0.2, 0.25) is 11.8 Å². The van der Waals surface area contributed by atoms with Crippen LogP contribution in [0, 0.1) is 5.92 Å². The molecule has 3 atom stereocenters. The Kier molecular flexibility index (Phi) is 6.64. The zero-order chi connectivity index (χ0) is 15.1. The fraction of sp³-hybridized carbons (Fsp3) is 0.786. The summed E-state index contributed by atoms with van der Waals surface area (Å²) in [6.45, 7) is 6.42. The van der Waals surface area contributed by atoms with Crippen LogP contribution in [0.2, 0.25) is 0 Å². The Morgan fingerprint density at radius 2 is 2.00 bits per heavy atom. The van der Waals surface area contributed by atoms with Gasteiger partial charge >= 0.3 is 0 Å². The summed E-state index contributed by atoms with van der Waals surface area (Å²) in [6.07, 6.45) is 2.99. The molecular formula is C14H25N3O3. The van der Waals surface area contributed by atoms with E-state index in [4.69, 9.17) is 0 Å². The molecular weight excluding hydrogens is 258 g/mol. The van der Waals surface area contributed by atoms with Gasteiger partial charge in [-0.25, -0.2) is 0 Å². The summed E-state index contributed by atoms with van der Waals surface area (Å²) in [5, 5.41) is 8.48. The molecule has 1 saturated heterocycles. The van der Waals surface area contributed by atoms with Crippen molar-refractivity contribution in [3.05, 3.63) is 0 Å². The van der Waals surface area contributed by atoms with Crippen LogP contribution in [0.4, 0.5) is 0 Å². The van der Waals surface area contributed by atoms with Gasteiger partial charge < -0.3 is 20.7 Å². The van der Waals surface area contributed by atoms with Gasteiger partial charge in [0.05, 0.1) is 12.1 Å². The first-order valence-corrected chi connectivity index (χ1v) is 7.23. The molecule has 0 radical (unpaired) electrons. The van der Waals surface area contributed by atoms with Gasteiger partial charge in [-0.05, 0) is 38.6 Å². The molecule has 0 aromatic carbocycles. The second-order valence-electron chi connectivity index (χ2n) is 5.77. The predicted octanol–water partition coefficient (Wildman–Crippen LogP) is -0.0271. The first-order chi connectivity index (χ1) is 9.43. The Morgan fingerprint density at radius 3 is 2.50 bits per heavy atom. The molecule has 1 heterocycles. The second-order valence-corrected chi connectivity index (χ2v) is 5.77. The van der Waals surface area contributed by atoms with E-state index >= 15 is 0 Å². The van der Waals surface area contributed by atoms with E-state index in [1.165, 1.54) is 0 Å². The predicted molar refractivity (Wildman–Crippen MR) is 76.1 cm³/mol. The molecule has 0 saturated carbocycles. The molecule has 6 nitrogen and oxygen atoms in total. The molecule has 0 unspecified atom stereocenters. The number of nitrogens with one attached hydrogen (secondary N) is 3. The molecule has 6 heteroatoms. The maximum Gasteiger partial charge on any atom is 0.243 e. The second kappa shape index (κ2) is 7.99. The molecule has 3 N–H and O–H groups in total. The van der Waals surface area contributed by atoms with Crippen LogP contribution in [0.5, 0.6) is 0 Å². The third kappa shape index (κ3) is 5.28. The van der Waals surface area contributed by atoms with Crippen molar-refractivity contribution in [2.24, 2.45) is 5.92 Å². The standard InChI is InChI=1S/C14H25N3O3/c1-9(2)7-12(14(20)16-10(3)8-18)17-13(19)11-5-4-6-15-11/h8-12,15H,4-7H2,1-3H3,(H,16,20)(H,17,19)/t10-,11-,12-/m0/s1. The topological polar surface area (TPSA) is 87.3 Å². The number of hydrogen-bond acceptors (Lipinski definition) is 4. The Morgan fingerprint density at radius 1 is 1.30 bits per heavy atom. The summed E-state index contributed by atoms with van der Waals surface area (Å²) < 4.78 is 0. The van der Waals surface area contributed by atoms with Crippen molar-refractivity contribution in [3.8, 4) is 0 Å². The van der Waals surface area contributed by atoms with Gasteiger partial charge in [0, 0.05) is 0 Å². The first-order valence-electron chi connectivity index (χ1n) is 7.23. The third-order valence-electron chi connectivity index (χ3n) is 3.29. The number of amides is 2. The molecule has 1 fully saturated rings. The summed E-state index contributed by atoms with van der Waals surface area (Å²) >= 11 is 0. The summed E-state index contributed by atoms with van der Waals surface area (Å²) in [5.74, 6) is -0.166. The van der Waals surface area contributed by atoms with Crippen molar-refractivity contribution < 1.29 is 14.4 Å². The molecule has 1 aliphatic heterocycles. The van der Waals surface area contributed by atoms with Crippen LogP contribution in [-0.2, 0) is 14.4 Å². The Hall–Kier alpha value is -1.43. The largest absolute Gasteiger partial charge is 0.345 e. The molecule has 2 amide bonds. The maximum atomic E-state index is 12.1. The quantitative estimate of drug-likeness (QED) is 0.573. The highest BCUT2D eigenvalue weighted by Crippen LogP contribution is 2.09. The van der Waals surface area contributed by atoms with E-state index in [0.29, 0.717) is 12.7 Å². The molecule has 1 rings (SSSR count). The fourth-order valence-electron chi connectivity index (χ4n) is 2.24. The van der Waals surface area contributed by atoms with E-state index in [1.807, 2.05) is 13.8 Å². The summed E-state index contributed by atoms with van der Waals surface area (Å²) in [7, 11) is 0. The van der Waals surface area contributed by atoms with E-state index < -0.39 is 12.1 Å². The average Bonchev–Trinajstić information content (AvgIpc) is 2.90. The van der Waals surface area contributed by atoms with Crippen LogP contribution >= 0.6 is 0 Å². The van der Waals surface area contributed by atoms with Crippen molar-refractivity contribution in [2.75, 3.05) is 6.54 Å². The van der Waals surface area contributed by atoms with Crippen molar-refractivity contribution in [1.82, 2.24) is 16.0 Å². The Bertz CT molecular complexity index is 352. The number of hydrogen-bond donors (Lipinski definition) is 3. The van der Waals surface area contributed by atoms with Crippen molar-refractivity contribution in [3.63, 3.8) is 0 Å². The van der Waals surface area contributed by atoms with E-state index in [1.54, 1.807) is 6.92 Å². The minimum atomic E-state index is -0.590. The number of aldehydes is 1. The van der Waals surface area contributed by atoms with Crippen LogP contribution in [0.15, 0.2) is 0 Å². The molecule has 1 aliphatic rings. The molecule has 0 aliphatic carbocycles. The third-order valence-corrected chi connectivity index (χ3v) is 3.29. The average molecular weight is 283 g/mol. The van der Waals surface area contributed by atoms with E-state index in [2.05, 4.69) is 16.0 Å². The van der Waals surface area contributed by atoms with Crippen molar-refractivity contribution >= 4 is 18.1 Å². The number of carbonyl (C=O) groups excluding carboxylic acids is 3. The molecule has 0 spiro atoms. The normalized spacial score (nSPS) is 21.3. The molecule has 0 aromatic heterocycles. The van der Waals surface area contributed by atoms with Crippen molar-refractivity contribution in [2.45, 2.75) is 58.2 Å². The Labute approximate surface area is 120 Å². The lowest BCUT2D eigenvalue weighted by Crippen LogP contribution is -2.53. The van der Waals surface area contributed by atoms with Crippen LogP contribution in [0.1, 0.15) is 40.0 Å². The van der Waals surface area contributed by atoms with Crippen LogP contribution < -0.4 is 16.0 Å². The van der Waals surface area contributed by atoms with E-state index in [-0.39, 0.29) is 23.8 Å². The molecule has 20 heavy (non-hydrogen) atoms. The highest BCUT2D eigenvalue weighted by atomic mass is 16.2. The van der Waals surface area contributed by atoms with E-state index in [0.717, 1.165) is 19.4 Å². The van der Waals surface area contributed by atoms with Crippen LogP contribution in [0.25, 0.3) is 0 Å². The summed E-state index contributed by atoms with van der Waals surface area (Å²) in [4.78, 5) is 34.8. The highest BCUT2D eigenvalue weighted by Gasteiger charge is 2.28. The Balaban J connectivity index is 2.60. The SMILES string of the molecule is CC(C)C[C@H](NC(=O)[C@@H]1CCCN1)C(=O)N[C@@H](C)C=O. The fourth-order valence-corrected chi connectivity index (χ4v) is 2.24. The number of rotatable bonds is 7. The minimum absolute atomic E-state index is 0.137. The van der Waals surface area contributed by atoms with Gasteiger partial charge in [-0.15, -0.1) is 0 Å². The van der Waals surface area contributed by atoms with Crippen molar-refractivity contribution in [1.29, 1.82) is 0 Å². The lowest BCUT2D eigenvalue weighted by molar-refractivity contribution is -0.131. The van der Waals surface area contributed by atoms with Crippen LogP contribution in [-0.4, -0.2) is 42.8 Å². The lowest BCUT2D eigenvalue weighted by atomic mass is 10.0. The van der Waals surface area contributed by atoms with E-state index in [9.17, 15) is 14.4 Å². The number of carbonyl (C=O) groups is 3. The van der Waals surface area contributed by atoms with Gasteiger partial charge in [-0.1, -0.05) is 13.8 Å². The van der Waals surface area contributed by atoms with Gasteiger partial charge in [0.1, 0.15) is 12.3 Å². The minimum Gasteiger partial charge on any atom is -0.345 e. The maximum absolute atomic E-state index is 12.1. The summed E-state index contributed by atoms with van der Waals surface area (Å²) in [5.41, 5.74) is 0. The molecule has 0 bridgehead atoms. The molecule has 114 valence electrons.